The molecule has 0 radical (unpaired) electrons. The highest BCUT2D eigenvalue weighted by Crippen LogP contribution is 2.17. The van der Waals surface area contributed by atoms with E-state index in [0.29, 0.717) is 34.2 Å². The zero-order chi connectivity index (χ0) is 36.5. The largest absolute Gasteiger partial charge is 0.477 e. The molecule has 5 aromatic heterocycles. The third-order valence-electron chi connectivity index (χ3n) is 7.38. The molecule has 0 aliphatic heterocycles. The zero-order valence-corrected chi connectivity index (χ0v) is 27.0. The highest BCUT2D eigenvalue weighted by molar-refractivity contribution is 5.87. The predicted molar refractivity (Wildman–Crippen MR) is 179 cm³/mol. The Bertz CT molecular complexity index is 2030. The predicted octanol–water partition coefficient (Wildman–Crippen LogP) is 3.44. The van der Waals surface area contributed by atoms with Gasteiger partial charge in [-0.15, -0.1) is 0 Å². The van der Waals surface area contributed by atoms with Crippen LogP contribution >= 0.6 is 0 Å². The summed E-state index contributed by atoms with van der Waals surface area (Å²) >= 11 is 0. The Hall–Kier alpha value is -6.65. The number of aromatic nitrogens is 5. The average molecular weight is 693 g/mol. The van der Waals surface area contributed by atoms with Crippen LogP contribution in [0.15, 0.2) is 84.9 Å². The summed E-state index contributed by atoms with van der Waals surface area (Å²) in [6.07, 6.45) is 0. The SMILES string of the molecule is Nc1cc(CN(Cc2cccc(CN(Cc3cccc(C(=O)O)n3)Cc3cccc(C(=O)O)n3)n2)Cc2cccc(C(=O)O)n2)nc(C(=O)O)c1. The molecule has 0 amide bonds. The molecule has 6 N–H and O–H groups in total. The average Bonchev–Trinajstić information content (AvgIpc) is 3.08. The van der Waals surface area contributed by atoms with Crippen molar-refractivity contribution in [2.45, 2.75) is 39.3 Å². The van der Waals surface area contributed by atoms with Crippen molar-refractivity contribution in [3.63, 3.8) is 0 Å². The van der Waals surface area contributed by atoms with Crippen molar-refractivity contribution >= 4 is 29.6 Å². The van der Waals surface area contributed by atoms with Crippen molar-refractivity contribution in [3.8, 4) is 0 Å². The Morgan fingerprint density at radius 1 is 0.431 bits per heavy atom. The van der Waals surface area contributed by atoms with Gasteiger partial charge in [0.1, 0.15) is 17.1 Å². The molecule has 5 rings (SSSR count). The first-order chi connectivity index (χ1) is 24.4. The molecule has 0 aliphatic rings. The fourth-order valence-corrected chi connectivity index (χ4v) is 5.28. The maximum atomic E-state index is 11.7. The molecule has 51 heavy (non-hydrogen) atoms. The first-order valence-corrected chi connectivity index (χ1v) is 15.4. The molecule has 16 heteroatoms. The summed E-state index contributed by atoms with van der Waals surface area (Å²) in [6, 6.07) is 22.2. The second-order valence-corrected chi connectivity index (χ2v) is 11.5. The second-order valence-electron chi connectivity index (χ2n) is 11.5. The van der Waals surface area contributed by atoms with Crippen molar-refractivity contribution < 1.29 is 39.6 Å². The number of hydrogen-bond donors (Lipinski definition) is 5. The maximum absolute atomic E-state index is 11.7. The van der Waals surface area contributed by atoms with Crippen LogP contribution in [-0.4, -0.2) is 79.0 Å². The summed E-state index contributed by atoms with van der Waals surface area (Å²) in [4.78, 5) is 71.9. The number of nitrogens with two attached hydrogens (primary N) is 1. The maximum Gasteiger partial charge on any atom is 0.354 e. The molecule has 0 bridgehead atoms. The number of nitrogen functional groups attached to an aromatic ring is 1. The molecular weight excluding hydrogens is 660 g/mol. The van der Waals surface area contributed by atoms with Crippen LogP contribution in [-0.2, 0) is 39.3 Å². The summed E-state index contributed by atoms with van der Waals surface area (Å²) in [5.41, 5.74) is 8.60. The molecule has 0 aliphatic carbocycles. The first-order valence-electron chi connectivity index (χ1n) is 15.4. The van der Waals surface area contributed by atoms with Gasteiger partial charge in [-0.3, -0.25) is 14.8 Å². The topological polar surface area (TPSA) is 246 Å². The molecule has 0 fully saturated rings. The van der Waals surface area contributed by atoms with E-state index in [1.165, 1.54) is 24.3 Å². The smallest absolute Gasteiger partial charge is 0.354 e. The van der Waals surface area contributed by atoms with E-state index in [1.807, 2.05) is 15.9 Å². The lowest BCUT2D eigenvalue weighted by Crippen LogP contribution is -2.26. The number of carboxylic acids is 4. The summed E-state index contributed by atoms with van der Waals surface area (Å²) in [5.74, 6) is -4.76. The third-order valence-corrected chi connectivity index (χ3v) is 7.38. The summed E-state index contributed by atoms with van der Waals surface area (Å²) in [6.45, 7) is 1.13. The summed E-state index contributed by atoms with van der Waals surface area (Å²) in [7, 11) is 0. The van der Waals surface area contributed by atoms with Gasteiger partial charge in [0.15, 0.2) is 5.69 Å². The van der Waals surface area contributed by atoms with E-state index in [4.69, 9.17) is 10.7 Å². The lowest BCUT2D eigenvalue weighted by Gasteiger charge is -2.24. The fourth-order valence-electron chi connectivity index (χ4n) is 5.28. The number of carboxylic acid groups (broad SMARTS) is 4. The zero-order valence-electron chi connectivity index (χ0n) is 27.0. The van der Waals surface area contributed by atoms with E-state index >= 15 is 0 Å². The minimum Gasteiger partial charge on any atom is -0.477 e. The van der Waals surface area contributed by atoms with Crippen LogP contribution < -0.4 is 5.73 Å². The Morgan fingerprint density at radius 3 is 1.08 bits per heavy atom. The van der Waals surface area contributed by atoms with Gasteiger partial charge in [-0.05, 0) is 60.7 Å². The van der Waals surface area contributed by atoms with Gasteiger partial charge in [-0.2, -0.15) is 0 Å². The lowest BCUT2D eigenvalue weighted by atomic mass is 10.2. The van der Waals surface area contributed by atoms with Crippen LogP contribution in [0.3, 0.4) is 0 Å². The van der Waals surface area contributed by atoms with Crippen LogP contribution in [0.4, 0.5) is 5.69 Å². The first kappa shape index (κ1) is 35.7. The van der Waals surface area contributed by atoms with Gasteiger partial charge in [0.25, 0.3) is 0 Å². The highest BCUT2D eigenvalue weighted by atomic mass is 16.4. The van der Waals surface area contributed by atoms with Crippen molar-refractivity contribution in [2.75, 3.05) is 5.73 Å². The van der Waals surface area contributed by atoms with Gasteiger partial charge in [0, 0.05) is 45.0 Å². The summed E-state index contributed by atoms with van der Waals surface area (Å²) < 4.78 is 0. The lowest BCUT2D eigenvalue weighted by molar-refractivity contribution is 0.0679. The van der Waals surface area contributed by atoms with Crippen LogP contribution in [0.25, 0.3) is 0 Å². The standard InChI is InChI=1S/C35H32N8O8/c36-21-13-27(41-31(14-21)35(50)51)20-43(19-26-9-4-12-30(40-26)34(48)49)16-23-6-1-5-22(37-23)15-42(17-24-7-2-10-28(38-24)32(44)45)18-25-8-3-11-29(39-25)33(46)47/h1-14H,15-20H2,(H2,36,41)(H,44,45)(H,46,47)(H,48,49)(H,50,51). The van der Waals surface area contributed by atoms with Gasteiger partial charge in [-0.25, -0.2) is 39.1 Å². The van der Waals surface area contributed by atoms with Gasteiger partial charge in [0.2, 0.25) is 0 Å². The number of rotatable bonds is 16. The monoisotopic (exact) mass is 692 g/mol. The molecule has 0 saturated carbocycles. The number of pyridine rings is 5. The van der Waals surface area contributed by atoms with E-state index in [0.717, 1.165) is 0 Å². The van der Waals surface area contributed by atoms with Crippen LogP contribution in [0, 0.1) is 0 Å². The summed E-state index contributed by atoms with van der Waals surface area (Å²) in [5, 5.41) is 37.9. The molecule has 0 atom stereocenters. The van der Waals surface area contributed by atoms with Crippen LogP contribution in [0.5, 0.6) is 0 Å². The van der Waals surface area contributed by atoms with Crippen molar-refractivity contribution in [3.05, 3.63) is 142 Å². The minimum atomic E-state index is -1.24. The fraction of sp³-hybridized carbons (Fsp3) is 0.171. The van der Waals surface area contributed by atoms with E-state index in [1.54, 1.807) is 54.6 Å². The Balaban J connectivity index is 1.43. The molecule has 0 unspecified atom stereocenters. The molecule has 16 nitrogen and oxygen atoms in total. The van der Waals surface area contributed by atoms with Crippen LogP contribution in [0.1, 0.15) is 76.1 Å². The van der Waals surface area contributed by atoms with Crippen molar-refractivity contribution in [2.24, 2.45) is 0 Å². The number of aromatic carboxylic acids is 4. The normalized spacial score (nSPS) is 11.1. The second kappa shape index (κ2) is 16.2. The Kier molecular flexibility index (Phi) is 11.3. The number of nitrogens with zero attached hydrogens (tertiary/aromatic N) is 7. The Labute approximate surface area is 290 Å². The number of carbonyl (C=O) groups is 4. The van der Waals surface area contributed by atoms with E-state index < -0.39 is 23.9 Å². The quantitative estimate of drug-likeness (QED) is 0.0993. The highest BCUT2D eigenvalue weighted by Gasteiger charge is 2.18. The molecule has 5 heterocycles. The Morgan fingerprint density at radius 2 is 0.725 bits per heavy atom. The van der Waals surface area contributed by atoms with Gasteiger partial charge >= 0.3 is 23.9 Å². The third kappa shape index (κ3) is 10.2. The van der Waals surface area contributed by atoms with E-state index in [2.05, 4.69) is 19.9 Å². The van der Waals surface area contributed by atoms with E-state index in [-0.39, 0.29) is 67.7 Å². The molecular formula is C35H32N8O8. The number of hydrogen-bond acceptors (Lipinski definition) is 12. The van der Waals surface area contributed by atoms with Gasteiger partial charge in [-0.1, -0.05) is 24.3 Å². The van der Waals surface area contributed by atoms with Gasteiger partial charge < -0.3 is 26.2 Å². The van der Waals surface area contributed by atoms with Crippen molar-refractivity contribution in [1.82, 2.24) is 34.7 Å². The van der Waals surface area contributed by atoms with Crippen LogP contribution in [0.2, 0.25) is 0 Å². The molecule has 5 aromatic rings. The van der Waals surface area contributed by atoms with E-state index in [9.17, 15) is 39.6 Å². The number of anilines is 1. The minimum absolute atomic E-state index is 0.118. The van der Waals surface area contributed by atoms with Gasteiger partial charge in [0.05, 0.1) is 34.2 Å². The molecule has 260 valence electrons. The molecule has 0 aromatic carbocycles. The molecule has 0 saturated heterocycles. The molecule has 0 spiro atoms. The van der Waals surface area contributed by atoms with Crippen molar-refractivity contribution in [1.29, 1.82) is 0 Å².